The second-order valence-corrected chi connectivity index (χ2v) is 11.1. The number of unbranched alkanes of at least 4 members (excludes halogenated alkanes) is 5. The molecule has 0 saturated heterocycles. The van der Waals surface area contributed by atoms with E-state index in [2.05, 4.69) is 17.2 Å². The molecule has 0 radical (unpaired) electrons. The van der Waals surface area contributed by atoms with Crippen molar-refractivity contribution in [1.82, 2.24) is 4.98 Å². The molecule has 0 aliphatic heterocycles. The van der Waals surface area contributed by atoms with Crippen molar-refractivity contribution in [2.45, 2.75) is 64.9 Å². The molecule has 1 heterocycles. The summed E-state index contributed by atoms with van der Waals surface area (Å²) in [4.78, 5) is 28.4. The Hall–Kier alpha value is -2.78. The van der Waals surface area contributed by atoms with Gasteiger partial charge in [0.2, 0.25) is 0 Å². The Morgan fingerprint density at radius 1 is 1.15 bits per heavy atom. The first-order valence-electron chi connectivity index (χ1n) is 13.1. The maximum atomic E-state index is 15.6. The predicted octanol–water partition coefficient (Wildman–Crippen LogP) is 9.43. The highest BCUT2D eigenvalue weighted by Gasteiger charge is 2.20. The smallest absolute Gasteiger partial charge is 0.331 e. The third kappa shape index (κ3) is 8.36. The van der Waals surface area contributed by atoms with Gasteiger partial charge in [-0.25, -0.2) is 14.2 Å². The number of ether oxygens (including phenoxy) is 1. The molecule has 0 bridgehead atoms. The Bertz CT molecular complexity index is 1350. The van der Waals surface area contributed by atoms with Crippen molar-refractivity contribution >= 4 is 57.6 Å². The number of hydrogen-bond donors (Lipinski definition) is 2. The normalized spacial score (nSPS) is 12.4. The van der Waals surface area contributed by atoms with Crippen LogP contribution in [0.4, 0.5) is 9.52 Å². The van der Waals surface area contributed by atoms with Crippen molar-refractivity contribution in [1.29, 1.82) is 0 Å². The number of nitrogens with zero attached hydrogens (tertiary/aromatic N) is 1. The third-order valence-electron chi connectivity index (χ3n) is 6.52. The number of carboxylic acid groups (broad SMARTS) is 1. The number of methoxy groups -OCH3 is 1. The molecule has 3 aromatic rings. The minimum absolute atomic E-state index is 0.0480. The summed E-state index contributed by atoms with van der Waals surface area (Å²) in [5.41, 5.74) is 1.74. The highest BCUT2D eigenvalue weighted by Crippen LogP contribution is 2.34. The molecule has 214 valence electrons. The first kappa shape index (κ1) is 31.7. The number of carboxylic acids is 1. The second-order valence-electron chi connectivity index (χ2n) is 9.47. The van der Waals surface area contributed by atoms with E-state index in [0.29, 0.717) is 22.4 Å². The molecule has 2 aromatic carbocycles. The zero-order valence-electron chi connectivity index (χ0n) is 22.7. The van der Waals surface area contributed by atoms with Crippen LogP contribution < -0.4 is 5.32 Å². The molecule has 0 fully saturated rings. The van der Waals surface area contributed by atoms with Crippen molar-refractivity contribution in [3.8, 4) is 11.3 Å². The molecule has 40 heavy (non-hydrogen) atoms. The molecule has 10 heteroatoms. The van der Waals surface area contributed by atoms with Crippen molar-refractivity contribution in [3.63, 3.8) is 0 Å². The van der Waals surface area contributed by atoms with Crippen LogP contribution in [0.5, 0.6) is 0 Å². The van der Waals surface area contributed by atoms with Gasteiger partial charge in [0.1, 0.15) is 5.82 Å². The first-order valence-corrected chi connectivity index (χ1v) is 14.8. The molecule has 1 unspecified atom stereocenters. The molecule has 0 aliphatic rings. The number of benzene rings is 2. The fraction of sp³-hybridized carbons (Fsp3) is 0.367. The first-order chi connectivity index (χ1) is 19.2. The molecule has 1 aromatic heterocycles. The van der Waals surface area contributed by atoms with Gasteiger partial charge in [-0.1, -0.05) is 80.8 Å². The molecule has 6 nitrogen and oxygen atoms in total. The Morgan fingerprint density at radius 2 is 1.82 bits per heavy atom. The molecule has 2 N–H and O–H groups in total. The molecular formula is C30H33Cl2FN2O4S. The van der Waals surface area contributed by atoms with E-state index in [-0.39, 0.29) is 38.2 Å². The van der Waals surface area contributed by atoms with E-state index in [4.69, 9.17) is 33.0 Å². The maximum absolute atomic E-state index is 15.6. The van der Waals surface area contributed by atoms with Gasteiger partial charge in [0, 0.05) is 40.3 Å². The molecule has 1 atom stereocenters. The van der Waals surface area contributed by atoms with Crippen molar-refractivity contribution < 1.29 is 23.8 Å². The van der Waals surface area contributed by atoms with Gasteiger partial charge in [-0.2, -0.15) is 0 Å². The lowest BCUT2D eigenvalue weighted by Crippen LogP contribution is -2.12. The van der Waals surface area contributed by atoms with Gasteiger partial charge >= 0.3 is 5.97 Å². The van der Waals surface area contributed by atoms with E-state index < -0.39 is 11.9 Å². The van der Waals surface area contributed by atoms with Crippen molar-refractivity contribution in [3.05, 3.63) is 73.8 Å². The lowest BCUT2D eigenvalue weighted by Gasteiger charge is -2.17. The van der Waals surface area contributed by atoms with Crippen LogP contribution in [0.1, 0.15) is 86.4 Å². The predicted molar refractivity (Wildman–Crippen MR) is 161 cm³/mol. The molecule has 1 amide bonds. The fourth-order valence-corrected chi connectivity index (χ4v) is 5.56. The Morgan fingerprint density at radius 3 is 2.48 bits per heavy atom. The number of halogens is 3. The summed E-state index contributed by atoms with van der Waals surface area (Å²) in [6.07, 6.45) is 8.60. The van der Waals surface area contributed by atoms with Crippen LogP contribution in [0.2, 0.25) is 10.0 Å². The van der Waals surface area contributed by atoms with Crippen LogP contribution in [0, 0.1) is 5.82 Å². The summed E-state index contributed by atoms with van der Waals surface area (Å²) in [7, 11) is 1.60. The number of anilines is 1. The van der Waals surface area contributed by atoms with Gasteiger partial charge < -0.3 is 9.84 Å². The molecule has 0 spiro atoms. The summed E-state index contributed by atoms with van der Waals surface area (Å²) in [5.74, 6) is -2.00. The zero-order chi connectivity index (χ0) is 29.2. The van der Waals surface area contributed by atoms with Crippen LogP contribution in [-0.4, -0.2) is 29.1 Å². The summed E-state index contributed by atoms with van der Waals surface area (Å²) in [6, 6.07) is 7.97. The van der Waals surface area contributed by atoms with Gasteiger partial charge in [-0.05, 0) is 37.6 Å². The second kappa shape index (κ2) is 15.3. The maximum Gasteiger partial charge on any atom is 0.331 e. The number of carbonyl (C=O) groups is 2. The van der Waals surface area contributed by atoms with Crippen LogP contribution >= 0.6 is 34.5 Å². The number of carbonyl (C=O) groups excluding carboxylic acids is 1. The van der Waals surface area contributed by atoms with E-state index >= 15 is 4.39 Å². The number of hydrogen-bond acceptors (Lipinski definition) is 5. The highest BCUT2D eigenvalue weighted by atomic mass is 35.5. The molecule has 0 aliphatic carbocycles. The summed E-state index contributed by atoms with van der Waals surface area (Å²) in [5, 5.41) is 14.0. The van der Waals surface area contributed by atoms with Crippen LogP contribution in [-0.2, 0) is 9.53 Å². The Balaban J connectivity index is 1.73. The number of amides is 1. The minimum atomic E-state index is -1.11. The van der Waals surface area contributed by atoms with E-state index in [1.54, 1.807) is 30.7 Å². The van der Waals surface area contributed by atoms with Gasteiger partial charge in [-0.15, -0.1) is 11.3 Å². The van der Waals surface area contributed by atoms with Crippen LogP contribution in [0.15, 0.2) is 41.3 Å². The number of aliphatic carboxylic acids is 1. The fourth-order valence-electron chi connectivity index (χ4n) is 4.26. The van der Waals surface area contributed by atoms with E-state index in [1.165, 1.54) is 50.8 Å². The molecule has 0 saturated carbocycles. The van der Waals surface area contributed by atoms with Gasteiger partial charge in [-0.3, -0.25) is 10.1 Å². The highest BCUT2D eigenvalue weighted by molar-refractivity contribution is 7.14. The topological polar surface area (TPSA) is 88.5 Å². The summed E-state index contributed by atoms with van der Waals surface area (Å²) >= 11 is 13.7. The Kier molecular flexibility index (Phi) is 12.1. The molecule has 3 rings (SSSR count). The largest absolute Gasteiger partial charge is 0.478 e. The van der Waals surface area contributed by atoms with E-state index in [9.17, 15) is 9.59 Å². The van der Waals surface area contributed by atoms with Gasteiger partial charge in [0.05, 0.1) is 21.8 Å². The minimum Gasteiger partial charge on any atom is -0.478 e. The molecular weight excluding hydrogens is 574 g/mol. The number of aromatic nitrogens is 1. The third-order valence-corrected chi connectivity index (χ3v) is 7.90. The average Bonchev–Trinajstić information content (AvgIpc) is 3.38. The monoisotopic (exact) mass is 606 g/mol. The standard InChI is InChI=1S/C30H33Cl2FN2O4S/c1-4-5-6-7-8-9-13-26(39-3)21-12-10-11-20(27(21)33)25-17-40-30(34-25)35-28(36)19-15-23(31)22(24(32)16-19)14-18(2)29(37)38/h10-12,14-17,26H,4-9,13H2,1-3H3,(H,37,38)(H,34,35,36). The zero-order valence-corrected chi connectivity index (χ0v) is 25.1. The van der Waals surface area contributed by atoms with Gasteiger partial charge in [0.15, 0.2) is 5.13 Å². The number of rotatable bonds is 14. The van der Waals surface area contributed by atoms with Gasteiger partial charge in [0.25, 0.3) is 5.91 Å². The van der Waals surface area contributed by atoms with Crippen molar-refractivity contribution in [2.75, 3.05) is 12.4 Å². The average molecular weight is 608 g/mol. The van der Waals surface area contributed by atoms with Crippen molar-refractivity contribution in [2.24, 2.45) is 0 Å². The SMILES string of the molecule is CCCCCCCCC(OC)c1cccc(-c2csc(NC(=O)c3cc(Cl)c(C=C(C)C(=O)O)c(Cl)c3)n2)c1F. The summed E-state index contributed by atoms with van der Waals surface area (Å²) in [6.45, 7) is 3.60. The van der Waals surface area contributed by atoms with E-state index in [0.717, 1.165) is 30.6 Å². The quantitative estimate of drug-likeness (QED) is 0.141. The van der Waals surface area contributed by atoms with E-state index in [1.807, 2.05) is 0 Å². The number of nitrogens with one attached hydrogen (secondary N) is 1. The van der Waals surface area contributed by atoms with Crippen LogP contribution in [0.3, 0.4) is 0 Å². The Labute approximate surface area is 248 Å². The van der Waals surface area contributed by atoms with Crippen LogP contribution in [0.25, 0.3) is 17.3 Å². The lowest BCUT2D eigenvalue weighted by molar-refractivity contribution is -0.132. The number of thiazole rings is 1. The lowest BCUT2D eigenvalue weighted by atomic mass is 9.98. The summed E-state index contributed by atoms with van der Waals surface area (Å²) < 4.78 is 21.2.